The Hall–Kier alpha value is -6.79. The van der Waals surface area contributed by atoms with E-state index in [2.05, 4.69) is 0 Å². The van der Waals surface area contributed by atoms with Crippen LogP contribution >= 0.6 is 0 Å². The Morgan fingerprint density at radius 3 is 1.19 bits per heavy atom. The SMILES string of the molecule is CO[C@H]1O[C@H](CO[C@H]2O[C@H](COC(=O)c3ccccc3)[C@@H](OC(=O)c3ccccc3)[C@H](OC(=O)c3ccccc3)[C@@H]2O)[C@@H](OC(=O)c2ccccc2)[C@H](O)[C@@H]1OC(=O)c1ccccc1. The Morgan fingerprint density at radius 2 is 0.766 bits per heavy atom. The highest BCUT2D eigenvalue weighted by molar-refractivity contribution is 5.91. The van der Waals surface area contributed by atoms with Gasteiger partial charge in [0.05, 0.1) is 34.4 Å². The molecule has 64 heavy (non-hydrogen) atoms. The summed E-state index contributed by atoms with van der Waals surface area (Å²) in [6.45, 7) is -1.21. The summed E-state index contributed by atoms with van der Waals surface area (Å²) >= 11 is 0. The average Bonchev–Trinajstić information content (AvgIpc) is 3.34. The van der Waals surface area contributed by atoms with Gasteiger partial charge in [0.2, 0.25) is 0 Å². The van der Waals surface area contributed by atoms with Crippen molar-refractivity contribution in [2.45, 2.75) is 61.4 Å². The molecule has 0 unspecified atom stereocenters. The first-order valence-electron chi connectivity index (χ1n) is 20.2. The lowest BCUT2D eigenvalue weighted by Gasteiger charge is -2.45. The molecule has 2 saturated heterocycles. The molecule has 5 aromatic carbocycles. The van der Waals surface area contributed by atoms with Crippen LogP contribution in [0.25, 0.3) is 0 Å². The summed E-state index contributed by atoms with van der Waals surface area (Å²) in [4.78, 5) is 67.0. The maximum Gasteiger partial charge on any atom is 0.338 e. The largest absolute Gasteiger partial charge is 0.459 e. The lowest BCUT2D eigenvalue weighted by Crippen LogP contribution is -2.64. The van der Waals surface area contributed by atoms with E-state index in [0.717, 1.165) is 0 Å². The van der Waals surface area contributed by atoms with E-state index in [1.807, 2.05) is 0 Å². The van der Waals surface area contributed by atoms with Gasteiger partial charge >= 0.3 is 29.8 Å². The monoisotopic (exact) mass is 876 g/mol. The molecule has 0 radical (unpaired) electrons. The molecule has 2 fully saturated rings. The second kappa shape index (κ2) is 21.5. The van der Waals surface area contributed by atoms with Gasteiger partial charge < -0.3 is 52.8 Å². The fourth-order valence-corrected chi connectivity index (χ4v) is 7.00. The molecule has 10 atom stereocenters. The van der Waals surface area contributed by atoms with Crippen molar-refractivity contribution >= 4 is 29.8 Å². The van der Waals surface area contributed by atoms with Crippen LogP contribution in [0.5, 0.6) is 0 Å². The van der Waals surface area contributed by atoms with Crippen molar-refractivity contribution < 1.29 is 76.8 Å². The predicted molar refractivity (Wildman–Crippen MR) is 222 cm³/mol. The smallest absolute Gasteiger partial charge is 0.338 e. The number of ether oxygens (including phenoxy) is 9. The quantitative estimate of drug-likeness (QED) is 0.109. The van der Waals surface area contributed by atoms with Crippen LogP contribution < -0.4 is 0 Å². The Bertz CT molecular complexity index is 2320. The highest BCUT2D eigenvalue weighted by atomic mass is 16.7. The molecule has 0 saturated carbocycles. The topological polar surface area (TPSA) is 209 Å². The molecule has 5 aromatic rings. The third-order valence-corrected chi connectivity index (χ3v) is 10.3. The zero-order valence-electron chi connectivity index (χ0n) is 34.2. The first-order chi connectivity index (χ1) is 31.1. The molecule has 7 rings (SSSR count). The van der Waals surface area contributed by atoms with Crippen molar-refractivity contribution in [3.05, 3.63) is 179 Å². The van der Waals surface area contributed by atoms with Crippen LogP contribution in [0, 0.1) is 0 Å². The lowest BCUT2D eigenvalue weighted by atomic mass is 9.97. The minimum absolute atomic E-state index is 0.0969. The highest BCUT2D eigenvalue weighted by Gasteiger charge is 2.53. The van der Waals surface area contributed by atoms with Gasteiger partial charge in [-0.05, 0) is 60.7 Å². The van der Waals surface area contributed by atoms with E-state index >= 15 is 0 Å². The number of esters is 5. The van der Waals surface area contributed by atoms with Crippen molar-refractivity contribution in [1.29, 1.82) is 0 Å². The first kappa shape index (κ1) is 45.2. The van der Waals surface area contributed by atoms with Crippen LogP contribution in [0.15, 0.2) is 152 Å². The van der Waals surface area contributed by atoms with Crippen LogP contribution in [0.1, 0.15) is 51.8 Å². The number of hydrogen-bond acceptors (Lipinski definition) is 16. The molecule has 0 spiro atoms. The molecule has 0 bridgehead atoms. The van der Waals surface area contributed by atoms with Crippen LogP contribution in [0.2, 0.25) is 0 Å². The number of hydrogen-bond donors (Lipinski definition) is 2. The van der Waals surface area contributed by atoms with Crippen LogP contribution in [0.3, 0.4) is 0 Å². The van der Waals surface area contributed by atoms with Crippen LogP contribution in [-0.4, -0.2) is 122 Å². The van der Waals surface area contributed by atoms with E-state index in [1.54, 1.807) is 91.0 Å². The number of carbonyl (C=O) groups excluding carboxylic acids is 5. The third kappa shape index (κ3) is 11.0. The zero-order valence-corrected chi connectivity index (χ0v) is 34.2. The van der Waals surface area contributed by atoms with Gasteiger partial charge in [0.1, 0.15) is 31.0 Å². The summed E-state index contributed by atoms with van der Waals surface area (Å²) in [6, 6.07) is 39.6. The van der Waals surface area contributed by atoms with Gasteiger partial charge in [-0.15, -0.1) is 0 Å². The van der Waals surface area contributed by atoms with Gasteiger partial charge in [0, 0.05) is 7.11 Å². The summed E-state index contributed by atoms with van der Waals surface area (Å²) in [5.74, 6) is -4.24. The van der Waals surface area contributed by atoms with E-state index in [-0.39, 0.29) is 27.8 Å². The van der Waals surface area contributed by atoms with E-state index < -0.39 is 104 Å². The fourth-order valence-electron chi connectivity index (χ4n) is 7.00. The first-order valence-corrected chi connectivity index (χ1v) is 20.2. The zero-order chi connectivity index (χ0) is 45.0. The van der Waals surface area contributed by atoms with Crippen molar-refractivity contribution in [2.75, 3.05) is 20.3 Å². The minimum atomic E-state index is -1.90. The number of benzene rings is 5. The van der Waals surface area contributed by atoms with Crippen molar-refractivity contribution in [2.24, 2.45) is 0 Å². The molecular weight excluding hydrogens is 833 g/mol. The highest BCUT2D eigenvalue weighted by Crippen LogP contribution is 2.32. The van der Waals surface area contributed by atoms with Crippen molar-refractivity contribution in [3.63, 3.8) is 0 Å². The number of carbonyl (C=O) groups is 5. The molecule has 2 N–H and O–H groups in total. The Labute approximate surface area is 367 Å². The van der Waals surface area contributed by atoms with Crippen molar-refractivity contribution in [3.8, 4) is 0 Å². The molecule has 2 aliphatic heterocycles. The maximum absolute atomic E-state index is 13.6. The minimum Gasteiger partial charge on any atom is -0.459 e. The molecular formula is C48H44O16. The summed E-state index contributed by atoms with van der Waals surface area (Å²) in [5.41, 5.74) is 0.697. The molecule has 16 nitrogen and oxygen atoms in total. The lowest BCUT2D eigenvalue weighted by molar-refractivity contribution is -0.326. The van der Waals surface area contributed by atoms with E-state index in [1.165, 1.54) is 67.8 Å². The number of aliphatic hydroxyl groups excluding tert-OH is 2. The Balaban J connectivity index is 1.18. The fraction of sp³-hybridized carbons (Fsp3) is 0.271. The number of rotatable bonds is 15. The Morgan fingerprint density at radius 1 is 0.422 bits per heavy atom. The van der Waals surface area contributed by atoms with E-state index in [9.17, 15) is 34.2 Å². The van der Waals surface area contributed by atoms with Gasteiger partial charge in [-0.25, -0.2) is 24.0 Å². The Kier molecular flexibility index (Phi) is 15.2. The van der Waals surface area contributed by atoms with Gasteiger partial charge in [0.25, 0.3) is 0 Å². The van der Waals surface area contributed by atoms with Gasteiger partial charge in [-0.2, -0.15) is 0 Å². The second-order valence-corrected chi connectivity index (χ2v) is 14.5. The molecule has 0 amide bonds. The van der Waals surface area contributed by atoms with Crippen molar-refractivity contribution in [1.82, 2.24) is 0 Å². The average molecular weight is 877 g/mol. The second-order valence-electron chi connectivity index (χ2n) is 14.5. The number of aliphatic hydroxyl groups is 2. The molecule has 0 aliphatic carbocycles. The standard InChI is InChI=1S/C48H44O16/c1-56-48-41(64-46(55)33-25-15-6-16-26-33)36(49)38(61-43(52)30-19-9-3-10-20-30)34(60-48)28-58-47-37(50)40(63-45(54)32-23-13-5-14-24-32)39(62-44(53)31-21-11-4-12-22-31)35(59-47)27-57-42(51)29-17-7-2-8-18-29/h2-26,34-41,47-50H,27-28H2,1H3/t34-,35-,36+,37+,38-,39-,40-,41+,47+,48+/m1/s1. The molecule has 0 aromatic heterocycles. The third-order valence-electron chi connectivity index (χ3n) is 10.3. The summed E-state index contributed by atoms with van der Waals surface area (Å²) in [6.07, 6.45) is -16.1. The molecule has 2 aliphatic rings. The van der Waals surface area contributed by atoms with E-state index in [4.69, 9.17) is 42.6 Å². The maximum atomic E-state index is 13.6. The van der Waals surface area contributed by atoms with Gasteiger partial charge in [0.15, 0.2) is 37.0 Å². The summed E-state index contributed by atoms with van der Waals surface area (Å²) in [7, 11) is 1.24. The van der Waals surface area contributed by atoms with E-state index in [0.29, 0.717) is 0 Å². The van der Waals surface area contributed by atoms with Crippen LogP contribution in [-0.2, 0) is 42.6 Å². The summed E-state index contributed by atoms with van der Waals surface area (Å²) < 4.78 is 52.8. The summed E-state index contributed by atoms with van der Waals surface area (Å²) in [5, 5.41) is 23.8. The predicted octanol–water partition coefficient (Wildman–Crippen LogP) is 4.58. The van der Waals surface area contributed by atoms with Gasteiger partial charge in [-0.3, -0.25) is 0 Å². The number of methoxy groups -OCH3 is 1. The van der Waals surface area contributed by atoms with Crippen LogP contribution in [0.4, 0.5) is 0 Å². The normalized spacial score (nSPS) is 25.2. The molecule has 16 heteroatoms. The molecule has 2 heterocycles. The molecule has 332 valence electrons. The van der Waals surface area contributed by atoms with Gasteiger partial charge in [-0.1, -0.05) is 91.0 Å².